The largest absolute Gasteiger partial charge is 0.478 e. The number of aryl methyl sites for hydroxylation is 1. The molecule has 2 rings (SSSR count). The minimum Gasteiger partial charge on any atom is -0.478 e. The molecule has 1 heterocycles. The lowest BCUT2D eigenvalue weighted by atomic mass is 9.81. The SMILES string of the molecule is Cc1cc(N2CCC(O)C(C)(C)C2)ccc1C(=O)O. The average Bonchev–Trinajstić information content (AvgIpc) is 2.32. The summed E-state index contributed by atoms with van der Waals surface area (Å²) < 4.78 is 0. The van der Waals surface area contributed by atoms with Crippen LogP contribution in [-0.2, 0) is 0 Å². The Balaban J connectivity index is 2.24. The summed E-state index contributed by atoms with van der Waals surface area (Å²) in [5.41, 5.74) is 2.01. The van der Waals surface area contributed by atoms with Crippen molar-refractivity contribution in [2.45, 2.75) is 33.3 Å². The fraction of sp³-hybridized carbons (Fsp3) is 0.533. The number of carbonyl (C=O) groups is 1. The first-order chi connectivity index (χ1) is 8.81. The van der Waals surface area contributed by atoms with Crippen LogP contribution in [0, 0.1) is 12.3 Å². The van der Waals surface area contributed by atoms with Crippen molar-refractivity contribution in [3.63, 3.8) is 0 Å². The van der Waals surface area contributed by atoms with Gasteiger partial charge >= 0.3 is 5.97 Å². The van der Waals surface area contributed by atoms with Gasteiger partial charge in [0.25, 0.3) is 0 Å². The second-order valence-electron chi connectivity index (χ2n) is 6.02. The van der Waals surface area contributed by atoms with Crippen LogP contribution in [-0.4, -0.2) is 35.4 Å². The van der Waals surface area contributed by atoms with E-state index in [1.807, 2.05) is 19.1 Å². The summed E-state index contributed by atoms with van der Waals surface area (Å²) in [5.74, 6) is -0.890. The monoisotopic (exact) mass is 263 g/mol. The highest BCUT2D eigenvalue weighted by molar-refractivity contribution is 5.89. The Labute approximate surface area is 113 Å². The van der Waals surface area contributed by atoms with Crippen LogP contribution in [0.5, 0.6) is 0 Å². The molecule has 1 atom stereocenters. The fourth-order valence-corrected chi connectivity index (χ4v) is 2.65. The van der Waals surface area contributed by atoms with Gasteiger partial charge in [-0.1, -0.05) is 13.8 Å². The van der Waals surface area contributed by atoms with Gasteiger partial charge in [0.05, 0.1) is 11.7 Å². The van der Waals surface area contributed by atoms with E-state index < -0.39 is 5.97 Å². The van der Waals surface area contributed by atoms with E-state index in [0.717, 1.165) is 30.8 Å². The minimum absolute atomic E-state index is 0.141. The van der Waals surface area contributed by atoms with Crippen molar-refractivity contribution >= 4 is 11.7 Å². The third kappa shape index (κ3) is 2.73. The van der Waals surface area contributed by atoms with Gasteiger partial charge in [0.1, 0.15) is 0 Å². The van der Waals surface area contributed by atoms with Crippen LogP contribution in [0.4, 0.5) is 5.69 Å². The lowest BCUT2D eigenvalue weighted by molar-refractivity contribution is 0.0336. The molecule has 1 aromatic rings. The van der Waals surface area contributed by atoms with E-state index >= 15 is 0 Å². The van der Waals surface area contributed by atoms with Gasteiger partial charge in [0, 0.05) is 24.2 Å². The smallest absolute Gasteiger partial charge is 0.335 e. The van der Waals surface area contributed by atoms with Crippen LogP contribution in [0.2, 0.25) is 0 Å². The summed E-state index contributed by atoms with van der Waals surface area (Å²) in [6, 6.07) is 5.42. The van der Waals surface area contributed by atoms with Gasteiger partial charge in [0.2, 0.25) is 0 Å². The van der Waals surface area contributed by atoms with Gasteiger partial charge in [0.15, 0.2) is 0 Å². The number of hydrogen-bond acceptors (Lipinski definition) is 3. The maximum absolute atomic E-state index is 11.0. The van der Waals surface area contributed by atoms with Crippen LogP contribution in [0.1, 0.15) is 36.2 Å². The summed E-state index contributed by atoms with van der Waals surface area (Å²) in [6.45, 7) is 7.51. The molecule has 0 bridgehead atoms. The van der Waals surface area contributed by atoms with Gasteiger partial charge in [-0.05, 0) is 37.1 Å². The molecule has 19 heavy (non-hydrogen) atoms. The number of carboxylic acid groups (broad SMARTS) is 1. The Bertz CT molecular complexity index is 496. The minimum atomic E-state index is -0.890. The number of carboxylic acids is 1. The second-order valence-corrected chi connectivity index (χ2v) is 6.02. The number of hydrogen-bond donors (Lipinski definition) is 2. The van der Waals surface area contributed by atoms with Gasteiger partial charge < -0.3 is 15.1 Å². The lowest BCUT2D eigenvalue weighted by Crippen LogP contribution is -2.48. The predicted molar refractivity (Wildman–Crippen MR) is 74.8 cm³/mol. The maximum atomic E-state index is 11.0. The molecule has 0 aliphatic carbocycles. The highest BCUT2D eigenvalue weighted by atomic mass is 16.4. The van der Waals surface area contributed by atoms with Crippen LogP contribution in [0.15, 0.2) is 18.2 Å². The molecular formula is C15H21NO3. The Morgan fingerprint density at radius 1 is 1.42 bits per heavy atom. The molecule has 104 valence electrons. The van der Waals surface area contributed by atoms with E-state index in [0.29, 0.717) is 5.56 Å². The number of rotatable bonds is 2. The number of piperidine rings is 1. The summed E-state index contributed by atoms with van der Waals surface area (Å²) in [7, 11) is 0. The number of aliphatic hydroxyl groups excluding tert-OH is 1. The van der Waals surface area contributed by atoms with Crippen LogP contribution < -0.4 is 4.90 Å². The molecule has 1 fully saturated rings. The van der Waals surface area contributed by atoms with Crippen LogP contribution in [0.3, 0.4) is 0 Å². The van der Waals surface area contributed by atoms with E-state index in [9.17, 15) is 9.90 Å². The summed E-state index contributed by atoms with van der Waals surface area (Å²) in [6.07, 6.45) is 0.468. The molecule has 1 unspecified atom stereocenters. The molecule has 4 nitrogen and oxygen atoms in total. The molecule has 1 aromatic carbocycles. The van der Waals surface area contributed by atoms with E-state index in [4.69, 9.17) is 5.11 Å². The first-order valence-corrected chi connectivity index (χ1v) is 6.58. The zero-order valence-electron chi connectivity index (χ0n) is 11.7. The van der Waals surface area contributed by atoms with Crippen LogP contribution >= 0.6 is 0 Å². The highest BCUT2D eigenvalue weighted by Crippen LogP contribution is 2.32. The van der Waals surface area contributed by atoms with Gasteiger partial charge in [-0.2, -0.15) is 0 Å². The first-order valence-electron chi connectivity index (χ1n) is 6.58. The molecule has 1 saturated heterocycles. The third-order valence-corrected chi connectivity index (χ3v) is 3.98. The molecule has 0 amide bonds. The Kier molecular flexibility index (Phi) is 3.54. The Hall–Kier alpha value is -1.55. The number of aliphatic hydroxyl groups is 1. The van der Waals surface area contributed by atoms with Crippen molar-refractivity contribution in [3.05, 3.63) is 29.3 Å². The van der Waals surface area contributed by atoms with E-state index in [1.54, 1.807) is 6.07 Å². The zero-order valence-corrected chi connectivity index (χ0v) is 11.7. The topological polar surface area (TPSA) is 60.8 Å². The van der Waals surface area contributed by atoms with Gasteiger partial charge in [-0.15, -0.1) is 0 Å². The van der Waals surface area contributed by atoms with Crippen molar-refractivity contribution in [2.75, 3.05) is 18.0 Å². The van der Waals surface area contributed by atoms with Crippen molar-refractivity contribution in [1.29, 1.82) is 0 Å². The van der Waals surface area contributed by atoms with E-state index in [-0.39, 0.29) is 11.5 Å². The molecule has 2 N–H and O–H groups in total. The highest BCUT2D eigenvalue weighted by Gasteiger charge is 2.34. The summed E-state index contributed by atoms with van der Waals surface area (Å²) in [4.78, 5) is 13.2. The Morgan fingerprint density at radius 3 is 2.63 bits per heavy atom. The second kappa shape index (κ2) is 4.85. The normalized spacial score (nSPS) is 22.3. The molecular weight excluding hydrogens is 242 g/mol. The number of nitrogens with zero attached hydrogens (tertiary/aromatic N) is 1. The van der Waals surface area contributed by atoms with Crippen molar-refractivity contribution < 1.29 is 15.0 Å². The molecule has 1 aliphatic heterocycles. The summed E-state index contributed by atoms with van der Waals surface area (Å²) >= 11 is 0. The molecule has 0 spiro atoms. The lowest BCUT2D eigenvalue weighted by Gasteiger charge is -2.43. The predicted octanol–water partition coefficient (Wildman–Crippen LogP) is 2.29. The first kappa shape index (κ1) is 13.9. The summed E-state index contributed by atoms with van der Waals surface area (Å²) in [5, 5.41) is 19.0. The number of benzene rings is 1. The molecule has 4 heteroatoms. The third-order valence-electron chi connectivity index (χ3n) is 3.98. The van der Waals surface area contributed by atoms with Crippen molar-refractivity contribution in [1.82, 2.24) is 0 Å². The number of anilines is 1. The maximum Gasteiger partial charge on any atom is 0.335 e. The molecule has 1 aliphatic rings. The molecule has 0 saturated carbocycles. The fourth-order valence-electron chi connectivity index (χ4n) is 2.65. The van der Waals surface area contributed by atoms with Crippen molar-refractivity contribution in [2.24, 2.45) is 5.41 Å². The molecule has 0 aromatic heterocycles. The van der Waals surface area contributed by atoms with Crippen LogP contribution in [0.25, 0.3) is 0 Å². The van der Waals surface area contributed by atoms with Gasteiger partial charge in [-0.3, -0.25) is 0 Å². The van der Waals surface area contributed by atoms with Gasteiger partial charge in [-0.25, -0.2) is 4.79 Å². The molecule has 0 radical (unpaired) electrons. The average molecular weight is 263 g/mol. The Morgan fingerprint density at radius 2 is 2.11 bits per heavy atom. The van der Waals surface area contributed by atoms with E-state index in [2.05, 4.69) is 18.7 Å². The van der Waals surface area contributed by atoms with E-state index in [1.165, 1.54) is 0 Å². The van der Waals surface area contributed by atoms with Crippen molar-refractivity contribution in [3.8, 4) is 0 Å². The quantitative estimate of drug-likeness (QED) is 0.859. The standard InChI is InChI=1S/C15H21NO3/c1-10-8-11(4-5-12(10)14(18)19)16-7-6-13(17)15(2,3)9-16/h4-5,8,13,17H,6-7,9H2,1-3H3,(H,18,19). The number of aromatic carboxylic acids is 1. The zero-order chi connectivity index (χ0) is 14.2.